The summed E-state index contributed by atoms with van der Waals surface area (Å²) < 4.78 is 12.3. The van der Waals surface area contributed by atoms with Gasteiger partial charge in [0.1, 0.15) is 0 Å². The highest BCUT2D eigenvalue weighted by atomic mass is 16.5. The van der Waals surface area contributed by atoms with E-state index >= 15 is 0 Å². The van der Waals surface area contributed by atoms with Gasteiger partial charge in [0.15, 0.2) is 11.5 Å². The molecule has 0 spiro atoms. The number of pyridine rings is 1. The summed E-state index contributed by atoms with van der Waals surface area (Å²) in [5.41, 5.74) is 0.407. The van der Waals surface area contributed by atoms with E-state index in [1.165, 1.54) is 7.11 Å². The smallest absolute Gasteiger partial charge is 0.258 e. The number of ether oxygens (including phenoxy) is 2. The summed E-state index contributed by atoms with van der Waals surface area (Å²) in [6.45, 7) is 6.11. The lowest BCUT2D eigenvalue weighted by Gasteiger charge is -2.30. The molecule has 0 aliphatic carbocycles. The number of carbonyl (C=O) groups excluding carboxylic acids is 1. The maximum atomic E-state index is 13.2. The van der Waals surface area contributed by atoms with Crippen molar-refractivity contribution in [3.05, 3.63) is 34.2 Å². The van der Waals surface area contributed by atoms with E-state index in [4.69, 9.17) is 9.47 Å². The van der Waals surface area contributed by atoms with Crippen LogP contribution in [0, 0.1) is 5.92 Å². The van der Waals surface area contributed by atoms with Crippen LogP contribution in [-0.4, -0.2) is 42.7 Å². The zero-order valence-corrected chi connectivity index (χ0v) is 15.9. The van der Waals surface area contributed by atoms with Gasteiger partial charge in [-0.1, -0.05) is 6.92 Å². The molecule has 1 aromatic heterocycles. The molecule has 0 radical (unpaired) electrons. The molecule has 6 heteroatoms. The van der Waals surface area contributed by atoms with Crippen molar-refractivity contribution in [2.45, 2.75) is 33.2 Å². The Morgan fingerprint density at radius 3 is 2.23 bits per heavy atom. The highest BCUT2D eigenvalue weighted by molar-refractivity contribution is 6.07. The van der Waals surface area contributed by atoms with Crippen molar-refractivity contribution >= 4 is 16.7 Å². The first-order valence-electron chi connectivity index (χ1n) is 9.08. The quantitative estimate of drug-likeness (QED) is 0.843. The Kier molecular flexibility index (Phi) is 5.20. The zero-order chi connectivity index (χ0) is 18.8. The molecule has 6 nitrogen and oxygen atoms in total. The molecule has 0 bridgehead atoms. The Morgan fingerprint density at radius 2 is 1.69 bits per heavy atom. The van der Waals surface area contributed by atoms with E-state index in [0.29, 0.717) is 40.3 Å². The highest BCUT2D eigenvalue weighted by Crippen LogP contribution is 2.33. The Bertz CT molecular complexity index is 879. The molecule has 26 heavy (non-hydrogen) atoms. The van der Waals surface area contributed by atoms with Gasteiger partial charge >= 0.3 is 0 Å². The van der Waals surface area contributed by atoms with Gasteiger partial charge in [-0.3, -0.25) is 9.59 Å². The topological polar surface area (TPSA) is 60.8 Å². The Balaban J connectivity index is 2.18. The van der Waals surface area contributed by atoms with E-state index < -0.39 is 0 Å². The van der Waals surface area contributed by atoms with Crippen LogP contribution in [0.5, 0.6) is 11.5 Å². The number of nitrogens with zero attached hydrogens (tertiary/aromatic N) is 2. The van der Waals surface area contributed by atoms with E-state index in [0.717, 1.165) is 25.9 Å². The lowest BCUT2D eigenvalue weighted by Crippen LogP contribution is -2.38. The average Bonchev–Trinajstić information content (AvgIpc) is 2.67. The second-order valence-corrected chi connectivity index (χ2v) is 6.86. The molecule has 140 valence electrons. The molecular weight excluding hydrogens is 332 g/mol. The molecule has 2 heterocycles. The van der Waals surface area contributed by atoms with Crippen LogP contribution >= 0.6 is 0 Å². The van der Waals surface area contributed by atoms with Crippen molar-refractivity contribution < 1.29 is 14.3 Å². The Hall–Kier alpha value is -2.50. The summed E-state index contributed by atoms with van der Waals surface area (Å²) in [6, 6.07) is 3.40. The van der Waals surface area contributed by atoms with Crippen LogP contribution in [0.1, 0.15) is 37.0 Å². The van der Waals surface area contributed by atoms with Crippen LogP contribution in [0.25, 0.3) is 10.8 Å². The van der Waals surface area contributed by atoms with Gasteiger partial charge in [0.2, 0.25) is 0 Å². The third-order valence-electron chi connectivity index (χ3n) is 5.23. The van der Waals surface area contributed by atoms with Crippen LogP contribution in [0.2, 0.25) is 0 Å². The lowest BCUT2D eigenvalue weighted by molar-refractivity contribution is 0.0698. The molecule has 0 unspecified atom stereocenters. The second kappa shape index (κ2) is 7.40. The zero-order valence-electron chi connectivity index (χ0n) is 15.9. The molecule has 1 aliphatic heterocycles. The van der Waals surface area contributed by atoms with Crippen molar-refractivity contribution in [2.75, 3.05) is 27.3 Å². The van der Waals surface area contributed by atoms with Gasteiger partial charge in [-0.05, 0) is 37.8 Å². The van der Waals surface area contributed by atoms with Crippen LogP contribution < -0.4 is 15.0 Å². The molecule has 1 fully saturated rings. The number of hydrogen-bond donors (Lipinski definition) is 0. The second-order valence-electron chi connectivity index (χ2n) is 6.86. The van der Waals surface area contributed by atoms with Crippen molar-refractivity contribution in [3.63, 3.8) is 0 Å². The van der Waals surface area contributed by atoms with Crippen LogP contribution in [-0.2, 0) is 6.54 Å². The number of carbonyl (C=O) groups is 1. The standard InChI is InChI=1S/C20H26N2O4/c1-5-21-12-16(20(24)22-8-6-13(2)7-9-22)14-10-17(25-3)18(26-4)11-15(14)19(21)23/h10-13H,5-9H2,1-4H3. The predicted molar refractivity (Wildman–Crippen MR) is 101 cm³/mol. The fourth-order valence-corrected chi connectivity index (χ4v) is 3.50. The number of rotatable bonds is 4. The number of benzene rings is 1. The molecule has 0 N–H and O–H groups in total. The average molecular weight is 358 g/mol. The van der Waals surface area contributed by atoms with E-state index in [1.54, 1.807) is 30.0 Å². The molecule has 0 saturated carbocycles. The Morgan fingerprint density at radius 1 is 1.12 bits per heavy atom. The van der Waals surface area contributed by atoms with Crippen LogP contribution in [0.15, 0.2) is 23.1 Å². The first-order chi connectivity index (χ1) is 12.5. The first kappa shape index (κ1) is 18.3. The maximum Gasteiger partial charge on any atom is 0.258 e. The first-order valence-corrected chi connectivity index (χ1v) is 9.08. The van der Waals surface area contributed by atoms with E-state index in [2.05, 4.69) is 6.92 Å². The summed E-state index contributed by atoms with van der Waals surface area (Å²) in [7, 11) is 3.08. The number of aromatic nitrogens is 1. The molecule has 1 aliphatic rings. The molecule has 1 amide bonds. The summed E-state index contributed by atoms with van der Waals surface area (Å²) in [4.78, 5) is 27.8. The van der Waals surface area contributed by atoms with E-state index in [1.807, 2.05) is 11.8 Å². The number of methoxy groups -OCH3 is 2. The largest absolute Gasteiger partial charge is 0.493 e. The molecule has 3 rings (SSSR count). The van der Waals surface area contributed by atoms with Gasteiger partial charge in [-0.2, -0.15) is 0 Å². The number of aryl methyl sites for hydroxylation is 1. The minimum atomic E-state index is -0.132. The number of fused-ring (bicyclic) bond motifs is 1. The minimum Gasteiger partial charge on any atom is -0.493 e. The maximum absolute atomic E-state index is 13.2. The molecule has 0 atom stereocenters. The number of likely N-dealkylation sites (tertiary alicyclic amines) is 1. The summed E-state index contributed by atoms with van der Waals surface area (Å²) in [5.74, 6) is 1.60. The normalized spacial score (nSPS) is 15.3. The van der Waals surface area contributed by atoms with Crippen LogP contribution in [0.3, 0.4) is 0 Å². The van der Waals surface area contributed by atoms with E-state index in [9.17, 15) is 9.59 Å². The van der Waals surface area contributed by atoms with Crippen LogP contribution in [0.4, 0.5) is 0 Å². The third kappa shape index (κ3) is 3.16. The molecule has 2 aromatic rings. The van der Waals surface area contributed by atoms with Crippen molar-refractivity contribution in [1.29, 1.82) is 0 Å². The van der Waals surface area contributed by atoms with Crippen molar-refractivity contribution in [2.24, 2.45) is 5.92 Å². The summed E-state index contributed by atoms with van der Waals surface area (Å²) in [5, 5.41) is 1.08. The van der Waals surface area contributed by atoms with Crippen molar-refractivity contribution in [3.8, 4) is 11.5 Å². The fraction of sp³-hybridized carbons (Fsp3) is 0.500. The van der Waals surface area contributed by atoms with E-state index in [-0.39, 0.29) is 11.5 Å². The predicted octanol–water partition coefficient (Wildman–Crippen LogP) is 2.91. The molecule has 1 saturated heterocycles. The number of amides is 1. The lowest BCUT2D eigenvalue weighted by atomic mass is 9.98. The third-order valence-corrected chi connectivity index (χ3v) is 5.23. The summed E-state index contributed by atoms with van der Waals surface area (Å²) >= 11 is 0. The minimum absolute atomic E-state index is 0.0312. The van der Waals surface area contributed by atoms with Crippen molar-refractivity contribution in [1.82, 2.24) is 9.47 Å². The van der Waals surface area contributed by atoms with Gasteiger partial charge in [0.05, 0.1) is 25.2 Å². The highest BCUT2D eigenvalue weighted by Gasteiger charge is 2.25. The van der Waals surface area contributed by atoms with Gasteiger partial charge in [0, 0.05) is 31.2 Å². The fourth-order valence-electron chi connectivity index (χ4n) is 3.50. The van der Waals surface area contributed by atoms with Gasteiger partial charge in [0.25, 0.3) is 11.5 Å². The van der Waals surface area contributed by atoms with Gasteiger partial charge in [-0.25, -0.2) is 0 Å². The number of hydrogen-bond acceptors (Lipinski definition) is 4. The number of piperidine rings is 1. The molecular formula is C20H26N2O4. The summed E-state index contributed by atoms with van der Waals surface area (Å²) in [6.07, 6.45) is 3.69. The van der Waals surface area contributed by atoms with Gasteiger partial charge in [-0.15, -0.1) is 0 Å². The monoisotopic (exact) mass is 358 g/mol. The molecule has 1 aromatic carbocycles. The Labute approximate surface area is 153 Å². The SMILES string of the molecule is CCn1cc(C(=O)N2CCC(C)CC2)c2cc(OC)c(OC)cc2c1=O. The van der Waals surface area contributed by atoms with Gasteiger partial charge < -0.3 is 18.9 Å².